The second kappa shape index (κ2) is 10.1. The average molecular weight is 498 g/mol. The molecule has 0 radical (unpaired) electrons. The number of ether oxygens (including phenoxy) is 1. The lowest BCUT2D eigenvalue weighted by Crippen LogP contribution is -2.49. The molecule has 1 amide bonds. The highest BCUT2D eigenvalue weighted by Crippen LogP contribution is 2.31. The van der Waals surface area contributed by atoms with Gasteiger partial charge in [0, 0.05) is 49.9 Å². The van der Waals surface area contributed by atoms with E-state index in [0.717, 1.165) is 13.1 Å². The number of anilines is 1. The van der Waals surface area contributed by atoms with Gasteiger partial charge in [-0.15, -0.1) is 0 Å². The van der Waals surface area contributed by atoms with Crippen molar-refractivity contribution in [3.05, 3.63) is 59.3 Å². The first kappa shape index (κ1) is 24.8. The second-order valence-electron chi connectivity index (χ2n) is 8.85. The number of piperazine rings is 1. The predicted molar refractivity (Wildman–Crippen MR) is 135 cm³/mol. The van der Waals surface area contributed by atoms with Crippen LogP contribution in [0.15, 0.2) is 51.9 Å². The molecule has 0 N–H and O–H groups in total. The van der Waals surface area contributed by atoms with Crippen molar-refractivity contribution in [3.63, 3.8) is 0 Å². The Morgan fingerprint density at radius 1 is 1.06 bits per heavy atom. The normalized spacial score (nSPS) is 14.3. The lowest BCUT2D eigenvalue weighted by Gasteiger charge is -2.37. The van der Waals surface area contributed by atoms with E-state index in [2.05, 4.69) is 36.0 Å². The third-order valence-electron chi connectivity index (χ3n) is 6.54. The average Bonchev–Trinajstić information content (AvgIpc) is 3.30. The Morgan fingerprint density at radius 3 is 2.46 bits per heavy atom. The fourth-order valence-electron chi connectivity index (χ4n) is 4.34. The minimum atomic E-state index is -3.77. The number of hydrogen-bond donors (Lipinski definition) is 0. The molecular weight excluding hydrogens is 466 g/mol. The van der Waals surface area contributed by atoms with Crippen LogP contribution in [-0.4, -0.2) is 63.4 Å². The molecule has 2 heterocycles. The first-order valence-electron chi connectivity index (χ1n) is 11.6. The van der Waals surface area contributed by atoms with E-state index >= 15 is 0 Å². The third kappa shape index (κ3) is 5.35. The molecule has 0 spiro atoms. The monoisotopic (exact) mass is 497 g/mol. The minimum Gasteiger partial charge on any atom is -0.495 e. The van der Waals surface area contributed by atoms with Crippen molar-refractivity contribution in [2.45, 2.75) is 32.1 Å². The van der Waals surface area contributed by atoms with E-state index in [1.807, 2.05) is 6.07 Å². The summed E-state index contributed by atoms with van der Waals surface area (Å²) in [5.41, 5.74) is 4.95. The van der Waals surface area contributed by atoms with Crippen LogP contribution in [0.1, 0.15) is 23.2 Å². The number of nitrogens with zero attached hydrogens (tertiary/aromatic N) is 3. The molecule has 1 fully saturated rings. The molecule has 3 aromatic rings. The number of amides is 1. The summed E-state index contributed by atoms with van der Waals surface area (Å²) in [5.74, 6) is 0.257. The van der Waals surface area contributed by atoms with Gasteiger partial charge in [-0.2, -0.15) is 0 Å². The summed E-state index contributed by atoms with van der Waals surface area (Å²) >= 11 is 0. The van der Waals surface area contributed by atoms with Gasteiger partial charge in [-0.25, -0.2) is 8.42 Å². The molecule has 1 aliphatic heterocycles. The highest BCUT2D eigenvalue weighted by Gasteiger charge is 2.26. The lowest BCUT2D eigenvalue weighted by atomic mass is 10.1. The SMILES string of the molecule is COc1ccc(-c2cc(C)no2)cc1S(=O)(=O)CCC(=O)N1CCN(c2cccc(C)c2C)CC1. The van der Waals surface area contributed by atoms with Crippen molar-refractivity contribution in [1.29, 1.82) is 0 Å². The minimum absolute atomic E-state index is 0.0408. The first-order chi connectivity index (χ1) is 16.7. The summed E-state index contributed by atoms with van der Waals surface area (Å²) in [6.45, 7) is 8.56. The molecule has 186 valence electrons. The molecule has 8 nitrogen and oxygen atoms in total. The van der Waals surface area contributed by atoms with E-state index in [1.54, 1.807) is 30.0 Å². The van der Waals surface area contributed by atoms with E-state index in [-0.39, 0.29) is 28.7 Å². The van der Waals surface area contributed by atoms with E-state index in [0.29, 0.717) is 30.1 Å². The van der Waals surface area contributed by atoms with Crippen molar-refractivity contribution in [2.75, 3.05) is 43.9 Å². The molecule has 1 saturated heterocycles. The van der Waals surface area contributed by atoms with Crippen LogP contribution < -0.4 is 9.64 Å². The summed E-state index contributed by atoms with van der Waals surface area (Å²) in [6, 6.07) is 12.8. The maximum Gasteiger partial charge on any atom is 0.223 e. The van der Waals surface area contributed by atoms with E-state index in [1.165, 1.54) is 30.0 Å². The molecule has 1 aromatic heterocycles. The first-order valence-corrected chi connectivity index (χ1v) is 13.3. The van der Waals surface area contributed by atoms with Gasteiger partial charge in [-0.1, -0.05) is 17.3 Å². The standard InChI is InChI=1S/C26H31N3O5S/c1-18-6-5-7-22(20(18)3)28-11-13-29(14-12-28)26(30)10-15-35(31,32)25-17-21(8-9-23(25)33-4)24-16-19(2)27-34-24/h5-9,16-17H,10-15H2,1-4H3. The number of aromatic nitrogens is 1. The van der Waals surface area contributed by atoms with Gasteiger partial charge in [0.15, 0.2) is 15.6 Å². The van der Waals surface area contributed by atoms with Gasteiger partial charge in [0.05, 0.1) is 18.6 Å². The van der Waals surface area contributed by atoms with Gasteiger partial charge in [-0.05, 0) is 56.2 Å². The van der Waals surface area contributed by atoms with Crippen molar-refractivity contribution in [1.82, 2.24) is 10.1 Å². The van der Waals surface area contributed by atoms with Gasteiger partial charge in [0.2, 0.25) is 5.91 Å². The number of rotatable bonds is 7. The lowest BCUT2D eigenvalue weighted by molar-refractivity contribution is -0.131. The largest absolute Gasteiger partial charge is 0.495 e. The van der Waals surface area contributed by atoms with E-state index in [4.69, 9.17) is 9.26 Å². The number of sulfone groups is 1. The highest BCUT2D eigenvalue weighted by atomic mass is 32.2. The highest BCUT2D eigenvalue weighted by molar-refractivity contribution is 7.91. The number of aryl methyl sites for hydroxylation is 2. The van der Waals surface area contributed by atoms with Gasteiger partial charge in [0.25, 0.3) is 0 Å². The molecule has 0 unspecified atom stereocenters. The number of hydrogen-bond acceptors (Lipinski definition) is 7. The van der Waals surface area contributed by atoms with Crippen LogP contribution in [0.3, 0.4) is 0 Å². The summed E-state index contributed by atoms with van der Waals surface area (Å²) in [6.07, 6.45) is -0.0827. The Labute approximate surface area is 206 Å². The van der Waals surface area contributed by atoms with Crippen molar-refractivity contribution < 1.29 is 22.5 Å². The molecule has 9 heteroatoms. The van der Waals surface area contributed by atoms with Crippen LogP contribution in [0, 0.1) is 20.8 Å². The number of benzene rings is 2. The Kier molecular flexibility index (Phi) is 7.16. The zero-order valence-corrected chi connectivity index (χ0v) is 21.4. The maximum atomic E-state index is 13.2. The van der Waals surface area contributed by atoms with Crippen molar-refractivity contribution >= 4 is 21.4 Å². The van der Waals surface area contributed by atoms with Gasteiger partial charge in [0.1, 0.15) is 10.6 Å². The molecule has 35 heavy (non-hydrogen) atoms. The Hall–Kier alpha value is -3.33. The topological polar surface area (TPSA) is 92.9 Å². The molecule has 0 atom stereocenters. The van der Waals surface area contributed by atoms with Crippen LogP contribution in [-0.2, 0) is 14.6 Å². The quantitative estimate of drug-likeness (QED) is 0.490. The zero-order valence-electron chi connectivity index (χ0n) is 20.6. The fourth-order valence-corrected chi connectivity index (χ4v) is 5.77. The van der Waals surface area contributed by atoms with Crippen LogP contribution in [0.5, 0.6) is 5.75 Å². The summed E-state index contributed by atoms with van der Waals surface area (Å²) in [7, 11) is -2.35. The van der Waals surface area contributed by atoms with E-state index in [9.17, 15) is 13.2 Å². The third-order valence-corrected chi connectivity index (χ3v) is 8.28. The number of carbonyl (C=O) groups excluding carboxylic acids is 1. The fraction of sp³-hybridized carbons (Fsp3) is 0.385. The molecule has 0 bridgehead atoms. The maximum absolute atomic E-state index is 13.2. The molecule has 1 aliphatic rings. The predicted octanol–water partition coefficient (Wildman–Crippen LogP) is 3.79. The number of methoxy groups -OCH3 is 1. The van der Waals surface area contributed by atoms with Crippen molar-refractivity contribution in [2.24, 2.45) is 0 Å². The van der Waals surface area contributed by atoms with Crippen molar-refractivity contribution in [3.8, 4) is 17.1 Å². The number of carbonyl (C=O) groups is 1. The van der Waals surface area contributed by atoms with Gasteiger partial charge in [-0.3, -0.25) is 4.79 Å². The zero-order chi connectivity index (χ0) is 25.2. The Bertz CT molecular complexity index is 1320. The summed E-state index contributed by atoms with van der Waals surface area (Å²) < 4.78 is 36.9. The molecular formula is C26H31N3O5S. The van der Waals surface area contributed by atoms with E-state index < -0.39 is 9.84 Å². The molecule has 4 rings (SSSR count). The molecule has 2 aromatic carbocycles. The second-order valence-corrected chi connectivity index (χ2v) is 10.9. The van der Waals surface area contributed by atoms with Crippen LogP contribution >= 0.6 is 0 Å². The van der Waals surface area contributed by atoms with Crippen LogP contribution in [0.25, 0.3) is 11.3 Å². The Morgan fingerprint density at radius 2 is 1.80 bits per heavy atom. The van der Waals surface area contributed by atoms with Crippen LogP contribution in [0.2, 0.25) is 0 Å². The smallest absolute Gasteiger partial charge is 0.223 e. The van der Waals surface area contributed by atoms with Gasteiger partial charge < -0.3 is 19.1 Å². The van der Waals surface area contributed by atoms with Crippen LogP contribution in [0.4, 0.5) is 5.69 Å². The summed E-state index contributed by atoms with van der Waals surface area (Å²) in [4.78, 5) is 16.9. The van der Waals surface area contributed by atoms with Gasteiger partial charge >= 0.3 is 0 Å². The Balaban J connectivity index is 1.41. The molecule has 0 saturated carbocycles. The molecule has 0 aliphatic carbocycles. The summed E-state index contributed by atoms with van der Waals surface area (Å²) in [5, 5.41) is 3.86.